The van der Waals surface area contributed by atoms with Crippen LogP contribution in [0.4, 0.5) is 5.82 Å². The molecule has 0 saturated carbocycles. The molecule has 0 bridgehead atoms. The molecule has 0 unspecified atom stereocenters. The van der Waals surface area contributed by atoms with Gasteiger partial charge in [-0.05, 0) is 26.7 Å². The van der Waals surface area contributed by atoms with Crippen LogP contribution in [0.3, 0.4) is 0 Å². The summed E-state index contributed by atoms with van der Waals surface area (Å²) < 4.78 is 3.99. The first-order valence-corrected chi connectivity index (χ1v) is 7.26. The number of aromatic nitrogens is 4. The first kappa shape index (κ1) is 14.6. The van der Waals surface area contributed by atoms with E-state index in [9.17, 15) is 0 Å². The van der Waals surface area contributed by atoms with E-state index in [0.717, 1.165) is 18.9 Å². The van der Waals surface area contributed by atoms with Crippen molar-refractivity contribution in [3.63, 3.8) is 0 Å². The quantitative estimate of drug-likeness (QED) is 0.880. The highest BCUT2D eigenvalue weighted by Crippen LogP contribution is 2.15. The minimum Gasteiger partial charge on any atom is -0.364 e. The molecule has 0 spiro atoms. The van der Waals surface area contributed by atoms with Crippen LogP contribution in [0.25, 0.3) is 0 Å². The molecule has 110 valence electrons. The average Bonchev–Trinajstić information content (AvgIpc) is 2.93. The van der Waals surface area contributed by atoms with Crippen LogP contribution >= 0.6 is 0 Å². The molecule has 0 aliphatic rings. The lowest BCUT2D eigenvalue weighted by molar-refractivity contribution is 0.483. The molecule has 0 fully saturated rings. The molecular formula is C15H25N5. The lowest BCUT2D eigenvalue weighted by atomic mass is 10.2. The molecule has 0 radical (unpaired) electrons. The minimum atomic E-state index is 0.387. The van der Waals surface area contributed by atoms with Crippen LogP contribution in [-0.2, 0) is 13.1 Å². The second-order valence-electron chi connectivity index (χ2n) is 6.05. The summed E-state index contributed by atoms with van der Waals surface area (Å²) in [4.78, 5) is 0. The van der Waals surface area contributed by atoms with Crippen LogP contribution in [0.1, 0.15) is 44.9 Å². The summed E-state index contributed by atoms with van der Waals surface area (Å²) in [7, 11) is 0. The zero-order valence-electron chi connectivity index (χ0n) is 13.1. The van der Waals surface area contributed by atoms with Crippen molar-refractivity contribution < 1.29 is 0 Å². The van der Waals surface area contributed by atoms with Crippen LogP contribution in [0.15, 0.2) is 18.6 Å². The molecule has 0 saturated heterocycles. The minimum absolute atomic E-state index is 0.387. The molecule has 2 aromatic rings. The molecule has 2 aromatic heterocycles. The first-order chi connectivity index (χ1) is 9.45. The smallest absolute Gasteiger partial charge is 0.151 e. The fourth-order valence-electron chi connectivity index (χ4n) is 2.08. The van der Waals surface area contributed by atoms with Gasteiger partial charge in [0.1, 0.15) is 0 Å². The zero-order valence-corrected chi connectivity index (χ0v) is 13.1. The summed E-state index contributed by atoms with van der Waals surface area (Å²) in [6, 6.07) is 0.387. The Labute approximate surface area is 121 Å². The number of rotatable bonds is 6. The third kappa shape index (κ3) is 3.62. The Bertz CT molecular complexity index is 550. The second kappa shape index (κ2) is 6.11. The Kier molecular flexibility index (Phi) is 4.47. The third-order valence-corrected chi connectivity index (χ3v) is 3.14. The summed E-state index contributed by atoms with van der Waals surface area (Å²) in [6.45, 7) is 12.5. The van der Waals surface area contributed by atoms with Gasteiger partial charge >= 0.3 is 0 Å². The van der Waals surface area contributed by atoms with E-state index in [-0.39, 0.29) is 0 Å². The lowest BCUT2D eigenvalue weighted by Crippen LogP contribution is -2.05. The number of hydrogen-bond donors (Lipinski definition) is 1. The molecule has 5 nitrogen and oxygen atoms in total. The van der Waals surface area contributed by atoms with Gasteiger partial charge in [0, 0.05) is 42.7 Å². The van der Waals surface area contributed by atoms with Crippen molar-refractivity contribution in [2.75, 3.05) is 5.32 Å². The van der Waals surface area contributed by atoms with Crippen molar-refractivity contribution in [2.24, 2.45) is 5.92 Å². The van der Waals surface area contributed by atoms with E-state index in [1.807, 2.05) is 15.6 Å². The Morgan fingerprint density at radius 2 is 1.95 bits per heavy atom. The number of aryl methyl sites for hydroxylation is 1. The highest BCUT2D eigenvalue weighted by Gasteiger charge is 2.07. The van der Waals surface area contributed by atoms with E-state index in [2.05, 4.69) is 62.5 Å². The molecule has 0 aromatic carbocycles. The van der Waals surface area contributed by atoms with Gasteiger partial charge in [-0.1, -0.05) is 13.8 Å². The van der Waals surface area contributed by atoms with E-state index < -0.39 is 0 Å². The Hall–Kier alpha value is -1.78. The van der Waals surface area contributed by atoms with Gasteiger partial charge in [0.2, 0.25) is 0 Å². The largest absolute Gasteiger partial charge is 0.364 e. The first-order valence-electron chi connectivity index (χ1n) is 7.26. The van der Waals surface area contributed by atoms with Gasteiger partial charge in [-0.3, -0.25) is 9.36 Å². The maximum absolute atomic E-state index is 4.56. The Balaban J connectivity index is 1.96. The summed E-state index contributed by atoms with van der Waals surface area (Å²) in [6.07, 6.45) is 6.10. The summed E-state index contributed by atoms with van der Waals surface area (Å²) in [5.74, 6) is 1.56. The van der Waals surface area contributed by atoms with Crippen molar-refractivity contribution in [1.29, 1.82) is 0 Å². The molecule has 2 heterocycles. The van der Waals surface area contributed by atoms with Crippen LogP contribution in [-0.4, -0.2) is 19.6 Å². The Morgan fingerprint density at radius 1 is 1.20 bits per heavy atom. The average molecular weight is 275 g/mol. The standard InChI is InChI=1S/C15H25N5/c1-11(2)8-19-10-14(7-17-19)6-16-15-13(5)9-20(18-15)12(3)4/h7,9-12H,6,8H2,1-5H3,(H,16,18). The van der Waals surface area contributed by atoms with Crippen molar-refractivity contribution >= 4 is 5.82 Å². The van der Waals surface area contributed by atoms with Gasteiger partial charge in [-0.15, -0.1) is 0 Å². The van der Waals surface area contributed by atoms with Gasteiger partial charge in [0.05, 0.1) is 6.20 Å². The Morgan fingerprint density at radius 3 is 2.55 bits per heavy atom. The lowest BCUT2D eigenvalue weighted by Gasteiger charge is -2.05. The van der Waals surface area contributed by atoms with E-state index >= 15 is 0 Å². The van der Waals surface area contributed by atoms with Crippen LogP contribution in [0, 0.1) is 12.8 Å². The highest BCUT2D eigenvalue weighted by atomic mass is 15.3. The SMILES string of the molecule is Cc1cn(C(C)C)nc1NCc1cnn(CC(C)C)c1. The van der Waals surface area contributed by atoms with Gasteiger partial charge in [-0.25, -0.2) is 0 Å². The summed E-state index contributed by atoms with van der Waals surface area (Å²) in [5.41, 5.74) is 2.36. The molecule has 5 heteroatoms. The van der Waals surface area contributed by atoms with Gasteiger partial charge in [0.25, 0.3) is 0 Å². The second-order valence-corrected chi connectivity index (χ2v) is 6.05. The molecular weight excluding hydrogens is 250 g/mol. The van der Waals surface area contributed by atoms with E-state index in [1.54, 1.807) is 0 Å². The fourth-order valence-corrected chi connectivity index (χ4v) is 2.08. The predicted octanol–water partition coefficient (Wildman–Crippen LogP) is 3.24. The molecule has 0 aliphatic carbocycles. The molecule has 2 rings (SSSR count). The molecule has 0 atom stereocenters. The molecule has 0 aliphatic heterocycles. The van der Waals surface area contributed by atoms with E-state index in [1.165, 1.54) is 11.1 Å². The normalized spacial score (nSPS) is 11.6. The van der Waals surface area contributed by atoms with E-state index in [4.69, 9.17) is 0 Å². The van der Waals surface area contributed by atoms with Crippen LogP contribution < -0.4 is 5.32 Å². The summed E-state index contributed by atoms with van der Waals surface area (Å²) in [5, 5.41) is 12.3. The topological polar surface area (TPSA) is 47.7 Å². The third-order valence-electron chi connectivity index (χ3n) is 3.14. The summed E-state index contributed by atoms with van der Waals surface area (Å²) >= 11 is 0. The van der Waals surface area contributed by atoms with Crippen molar-refractivity contribution in [3.8, 4) is 0 Å². The molecule has 1 N–H and O–H groups in total. The van der Waals surface area contributed by atoms with Crippen molar-refractivity contribution in [2.45, 2.75) is 53.8 Å². The maximum atomic E-state index is 4.56. The van der Waals surface area contributed by atoms with Gasteiger partial charge in [-0.2, -0.15) is 10.2 Å². The highest BCUT2D eigenvalue weighted by molar-refractivity contribution is 5.42. The fraction of sp³-hybridized carbons (Fsp3) is 0.600. The number of hydrogen-bond acceptors (Lipinski definition) is 3. The maximum Gasteiger partial charge on any atom is 0.151 e. The van der Waals surface area contributed by atoms with E-state index in [0.29, 0.717) is 12.0 Å². The van der Waals surface area contributed by atoms with Gasteiger partial charge < -0.3 is 5.32 Å². The van der Waals surface area contributed by atoms with Crippen molar-refractivity contribution in [1.82, 2.24) is 19.6 Å². The number of nitrogens with zero attached hydrogens (tertiary/aromatic N) is 4. The number of anilines is 1. The van der Waals surface area contributed by atoms with Crippen LogP contribution in [0.2, 0.25) is 0 Å². The predicted molar refractivity (Wildman–Crippen MR) is 81.7 cm³/mol. The van der Waals surface area contributed by atoms with Gasteiger partial charge in [0.15, 0.2) is 5.82 Å². The monoisotopic (exact) mass is 275 g/mol. The molecule has 20 heavy (non-hydrogen) atoms. The molecule has 0 amide bonds. The van der Waals surface area contributed by atoms with Crippen LogP contribution in [0.5, 0.6) is 0 Å². The van der Waals surface area contributed by atoms with Crippen molar-refractivity contribution in [3.05, 3.63) is 29.7 Å². The number of nitrogens with one attached hydrogen (secondary N) is 1. The zero-order chi connectivity index (χ0) is 14.7.